The quantitative estimate of drug-likeness (QED) is 0.843. The number of anilines is 1. The summed E-state index contributed by atoms with van der Waals surface area (Å²) in [6.45, 7) is 3.99. The molecule has 0 aromatic carbocycles. The summed E-state index contributed by atoms with van der Waals surface area (Å²) in [7, 11) is 0. The van der Waals surface area contributed by atoms with Gasteiger partial charge in [-0.25, -0.2) is 14.4 Å². The molecule has 1 aliphatic rings. The minimum atomic E-state index is -0.299. The second-order valence-corrected chi connectivity index (χ2v) is 5.08. The van der Waals surface area contributed by atoms with Crippen molar-refractivity contribution < 1.29 is 9.13 Å². The summed E-state index contributed by atoms with van der Waals surface area (Å²) in [5, 5.41) is 0. The fourth-order valence-corrected chi connectivity index (χ4v) is 2.36. The van der Waals surface area contributed by atoms with Crippen molar-refractivity contribution in [2.45, 2.75) is 13.3 Å². The number of rotatable bonds is 5. The number of halogens is 1. The van der Waals surface area contributed by atoms with Gasteiger partial charge in [0.15, 0.2) is 11.6 Å². The van der Waals surface area contributed by atoms with E-state index in [9.17, 15) is 4.39 Å². The molecular weight excluding hydrogens is 271 g/mol. The molecule has 5 nitrogen and oxygen atoms in total. The highest BCUT2D eigenvalue weighted by molar-refractivity contribution is 5.43. The molecule has 1 aliphatic heterocycles. The molecule has 21 heavy (non-hydrogen) atoms. The summed E-state index contributed by atoms with van der Waals surface area (Å²) in [5.74, 6) is 1.24. The van der Waals surface area contributed by atoms with Crippen LogP contribution < -0.4 is 9.64 Å². The highest BCUT2D eigenvalue weighted by Crippen LogP contribution is 2.26. The Morgan fingerprint density at radius 1 is 1.38 bits per heavy atom. The average molecular weight is 288 g/mol. The molecule has 1 fully saturated rings. The Kier molecular flexibility index (Phi) is 3.94. The highest BCUT2D eigenvalue weighted by Gasteiger charge is 2.30. The summed E-state index contributed by atoms with van der Waals surface area (Å²) in [6, 6.07) is 3.71. The van der Waals surface area contributed by atoms with Crippen LogP contribution >= 0.6 is 0 Å². The van der Waals surface area contributed by atoms with Crippen molar-refractivity contribution in [1.29, 1.82) is 0 Å². The molecule has 0 atom stereocenters. The van der Waals surface area contributed by atoms with Crippen molar-refractivity contribution in [3.05, 3.63) is 42.4 Å². The fraction of sp³-hybridized carbons (Fsp3) is 0.400. The van der Waals surface area contributed by atoms with Gasteiger partial charge in [0, 0.05) is 25.2 Å². The van der Waals surface area contributed by atoms with Gasteiger partial charge < -0.3 is 9.64 Å². The molecule has 1 saturated heterocycles. The Labute approximate surface area is 122 Å². The Morgan fingerprint density at radius 2 is 2.24 bits per heavy atom. The Hall–Kier alpha value is -2.24. The molecule has 2 aromatic heterocycles. The number of ether oxygens (including phenoxy) is 1. The topological polar surface area (TPSA) is 51.1 Å². The smallest absolute Gasteiger partial charge is 0.187 e. The van der Waals surface area contributed by atoms with Crippen LogP contribution in [0.3, 0.4) is 0 Å². The molecule has 0 spiro atoms. The van der Waals surface area contributed by atoms with E-state index in [1.54, 1.807) is 12.4 Å². The molecule has 0 saturated carbocycles. The van der Waals surface area contributed by atoms with Gasteiger partial charge in [-0.3, -0.25) is 4.98 Å². The number of pyridine rings is 1. The van der Waals surface area contributed by atoms with Crippen molar-refractivity contribution in [3.8, 4) is 5.75 Å². The van der Waals surface area contributed by atoms with Crippen LogP contribution in [-0.4, -0.2) is 34.6 Å². The van der Waals surface area contributed by atoms with Gasteiger partial charge in [-0.2, -0.15) is 0 Å². The molecule has 6 heteroatoms. The van der Waals surface area contributed by atoms with E-state index in [2.05, 4.69) is 15.0 Å². The summed E-state index contributed by atoms with van der Waals surface area (Å²) in [6.07, 6.45) is 5.40. The second kappa shape index (κ2) is 6.03. The first-order valence-electron chi connectivity index (χ1n) is 7.05. The van der Waals surface area contributed by atoms with Crippen molar-refractivity contribution >= 4 is 5.82 Å². The van der Waals surface area contributed by atoms with E-state index in [4.69, 9.17) is 4.74 Å². The van der Waals surface area contributed by atoms with Crippen LogP contribution in [0.5, 0.6) is 5.75 Å². The monoisotopic (exact) mass is 288 g/mol. The van der Waals surface area contributed by atoms with Gasteiger partial charge in [-0.15, -0.1) is 0 Å². The van der Waals surface area contributed by atoms with Gasteiger partial charge in [-0.05, 0) is 18.6 Å². The lowest BCUT2D eigenvalue weighted by Gasteiger charge is -2.39. The standard InChI is InChI=1S/C15H17FN4O/c1-2-13-14(16)15(19-10-18-13)20-7-11(8-20)9-21-12-4-3-5-17-6-12/h3-6,10-11H,2,7-9H2,1H3. The van der Waals surface area contributed by atoms with Crippen LogP contribution in [-0.2, 0) is 6.42 Å². The van der Waals surface area contributed by atoms with Gasteiger partial charge in [-0.1, -0.05) is 6.92 Å². The third-order valence-corrected chi connectivity index (χ3v) is 3.55. The van der Waals surface area contributed by atoms with Crippen LogP contribution in [0.15, 0.2) is 30.9 Å². The lowest BCUT2D eigenvalue weighted by Crippen LogP contribution is -2.50. The highest BCUT2D eigenvalue weighted by atomic mass is 19.1. The molecule has 2 aromatic rings. The van der Waals surface area contributed by atoms with E-state index in [0.717, 1.165) is 18.8 Å². The molecular formula is C15H17FN4O. The zero-order chi connectivity index (χ0) is 14.7. The molecule has 3 heterocycles. The lowest BCUT2D eigenvalue weighted by atomic mass is 10.0. The Morgan fingerprint density at radius 3 is 2.95 bits per heavy atom. The molecule has 0 bridgehead atoms. The van der Waals surface area contributed by atoms with Crippen molar-refractivity contribution in [3.63, 3.8) is 0 Å². The van der Waals surface area contributed by atoms with Crippen molar-refractivity contribution in [2.24, 2.45) is 5.92 Å². The van der Waals surface area contributed by atoms with Crippen LogP contribution in [0.1, 0.15) is 12.6 Å². The fourth-order valence-electron chi connectivity index (χ4n) is 2.36. The zero-order valence-electron chi connectivity index (χ0n) is 11.9. The summed E-state index contributed by atoms with van der Waals surface area (Å²) in [5.41, 5.74) is 0.468. The summed E-state index contributed by atoms with van der Waals surface area (Å²) >= 11 is 0. The minimum Gasteiger partial charge on any atom is -0.492 e. The maximum Gasteiger partial charge on any atom is 0.187 e. The molecule has 110 valence electrons. The van der Waals surface area contributed by atoms with Gasteiger partial charge in [0.25, 0.3) is 0 Å². The third-order valence-electron chi connectivity index (χ3n) is 3.55. The van der Waals surface area contributed by atoms with Gasteiger partial charge >= 0.3 is 0 Å². The first-order chi connectivity index (χ1) is 10.3. The number of hydrogen-bond donors (Lipinski definition) is 0. The predicted octanol–water partition coefficient (Wildman–Crippen LogP) is 2.09. The van der Waals surface area contributed by atoms with Gasteiger partial charge in [0.2, 0.25) is 0 Å². The summed E-state index contributed by atoms with van der Waals surface area (Å²) < 4.78 is 19.8. The number of nitrogens with zero attached hydrogens (tertiary/aromatic N) is 4. The number of aryl methyl sites for hydroxylation is 1. The zero-order valence-corrected chi connectivity index (χ0v) is 11.9. The van der Waals surface area contributed by atoms with Crippen molar-refractivity contribution in [2.75, 3.05) is 24.6 Å². The third kappa shape index (κ3) is 2.94. The van der Waals surface area contributed by atoms with Gasteiger partial charge in [0.1, 0.15) is 12.1 Å². The predicted molar refractivity (Wildman–Crippen MR) is 76.8 cm³/mol. The van der Waals surface area contributed by atoms with E-state index in [-0.39, 0.29) is 5.82 Å². The minimum absolute atomic E-state index is 0.299. The Bertz CT molecular complexity index is 602. The summed E-state index contributed by atoms with van der Waals surface area (Å²) in [4.78, 5) is 13.9. The van der Waals surface area contributed by atoms with E-state index in [1.165, 1.54) is 6.33 Å². The average Bonchev–Trinajstić information content (AvgIpc) is 2.48. The van der Waals surface area contributed by atoms with E-state index in [0.29, 0.717) is 30.5 Å². The second-order valence-electron chi connectivity index (χ2n) is 5.08. The molecule has 0 unspecified atom stereocenters. The van der Waals surface area contributed by atoms with E-state index in [1.807, 2.05) is 24.0 Å². The van der Waals surface area contributed by atoms with Crippen LogP contribution in [0.4, 0.5) is 10.2 Å². The lowest BCUT2D eigenvalue weighted by molar-refractivity contribution is 0.218. The van der Waals surface area contributed by atoms with E-state index < -0.39 is 0 Å². The maximum atomic E-state index is 14.1. The molecule has 0 aliphatic carbocycles. The SMILES string of the molecule is CCc1ncnc(N2CC(COc3cccnc3)C2)c1F. The number of aromatic nitrogens is 3. The Balaban J connectivity index is 1.54. The van der Waals surface area contributed by atoms with Crippen LogP contribution in [0.25, 0.3) is 0 Å². The molecule has 0 radical (unpaired) electrons. The largest absolute Gasteiger partial charge is 0.492 e. The number of hydrogen-bond acceptors (Lipinski definition) is 5. The molecule has 0 amide bonds. The molecule has 3 rings (SSSR count). The van der Waals surface area contributed by atoms with Gasteiger partial charge in [0.05, 0.1) is 18.5 Å². The first kappa shape index (κ1) is 13.7. The normalized spacial score (nSPS) is 14.9. The van der Waals surface area contributed by atoms with Crippen molar-refractivity contribution in [1.82, 2.24) is 15.0 Å². The molecule has 0 N–H and O–H groups in total. The first-order valence-corrected chi connectivity index (χ1v) is 7.05. The van der Waals surface area contributed by atoms with E-state index >= 15 is 0 Å². The van der Waals surface area contributed by atoms with Crippen LogP contribution in [0, 0.1) is 11.7 Å². The maximum absolute atomic E-state index is 14.1. The van der Waals surface area contributed by atoms with Crippen LogP contribution in [0.2, 0.25) is 0 Å².